The van der Waals surface area contributed by atoms with Crippen LogP contribution in [0.1, 0.15) is 22.9 Å². The molecule has 0 bridgehead atoms. The maximum absolute atomic E-state index is 6.78. The van der Waals surface area contributed by atoms with Crippen molar-refractivity contribution in [3.63, 3.8) is 0 Å². The first-order valence-corrected chi connectivity index (χ1v) is 17.1. The minimum absolute atomic E-state index is 0.446. The first-order chi connectivity index (χ1) is 25.2. The summed E-state index contributed by atoms with van der Waals surface area (Å²) < 4.78 is 18.7. The van der Waals surface area contributed by atoms with Crippen LogP contribution < -0.4 is 11.1 Å². The molecule has 3 heterocycles. The monoisotopic (exact) mass is 661 g/mol. The lowest BCUT2D eigenvalue weighted by atomic mass is 10.00. The van der Waals surface area contributed by atoms with Gasteiger partial charge in [-0.25, -0.2) is 0 Å². The molecular formula is C45H31N3O3. The number of hydrogen-bond acceptors (Lipinski definition) is 5. The second-order valence-electron chi connectivity index (χ2n) is 12.9. The normalized spacial score (nSPS) is 12.9. The fraction of sp³-hybridized carbons (Fsp3) is 0.0444. The van der Waals surface area contributed by atoms with Crippen molar-refractivity contribution in [1.29, 1.82) is 0 Å². The smallest absolute Gasteiger partial charge is 0.143 e. The van der Waals surface area contributed by atoms with E-state index in [4.69, 9.17) is 24.0 Å². The Labute approximate surface area is 292 Å². The highest BCUT2D eigenvalue weighted by molar-refractivity contribution is 6.11. The van der Waals surface area contributed by atoms with Crippen LogP contribution in [-0.2, 0) is 6.54 Å². The summed E-state index contributed by atoms with van der Waals surface area (Å²) in [4.78, 5) is 5.05. The Morgan fingerprint density at radius 3 is 2.02 bits per heavy atom. The molecule has 0 radical (unpaired) electrons. The van der Waals surface area contributed by atoms with Gasteiger partial charge in [-0.2, -0.15) is 0 Å². The maximum atomic E-state index is 6.78. The Morgan fingerprint density at radius 1 is 0.529 bits per heavy atom. The van der Waals surface area contributed by atoms with E-state index < -0.39 is 6.17 Å². The molecule has 0 aliphatic rings. The Morgan fingerprint density at radius 2 is 1.18 bits per heavy atom. The van der Waals surface area contributed by atoms with Crippen molar-refractivity contribution < 1.29 is 13.3 Å². The van der Waals surface area contributed by atoms with Crippen LogP contribution in [0.15, 0.2) is 170 Å². The second-order valence-corrected chi connectivity index (χ2v) is 12.9. The summed E-state index contributed by atoms with van der Waals surface area (Å²) in [6, 6.07) is 51.4. The van der Waals surface area contributed by atoms with Crippen molar-refractivity contribution in [1.82, 2.24) is 5.32 Å². The first-order valence-electron chi connectivity index (χ1n) is 17.1. The molecule has 0 aliphatic carbocycles. The zero-order chi connectivity index (χ0) is 33.9. The van der Waals surface area contributed by atoms with E-state index in [1.165, 1.54) is 0 Å². The Hall–Kier alpha value is -6.63. The Balaban J connectivity index is 0.966. The van der Waals surface area contributed by atoms with Gasteiger partial charge in [0.2, 0.25) is 0 Å². The van der Waals surface area contributed by atoms with Gasteiger partial charge in [0, 0.05) is 43.4 Å². The summed E-state index contributed by atoms with van der Waals surface area (Å²) in [5.74, 6) is 0.717. The van der Waals surface area contributed by atoms with Crippen LogP contribution in [0.3, 0.4) is 0 Å². The van der Waals surface area contributed by atoms with Crippen LogP contribution in [0.5, 0.6) is 0 Å². The molecule has 0 saturated carbocycles. The fourth-order valence-corrected chi connectivity index (χ4v) is 7.22. The van der Waals surface area contributed by atoms with E-state index in [1.807, 2.05) is 84.9 Å². The molecule has 3 N–H and O–H groups in total. The summed E-state index contributed by atoms with van der Waals surface area (Å²) >= 11 is 0. The molecule has 6 nitrogen and oxygen atoms in total. The van der Waals surface area contributed by atoms with Crippen LogP contribution in [0.4, 0.5) is 0 Å². The minimum atomic E-state index is -0.487. The minimum Gasteiger partial charge on any atom is -0.456 e. The Bertz CT molecular complexity index is 2950. The van der Waals surface area contributed by atoms with Crippen LogP contribution in [-0.4, -0.2) is 5.84 Å². The molecule has 0 saturated heterocycles. The van der Waals surface area contributed by atoms with Gasteiger partial charge >= 0.3 is 0 Å². The van der Waals surface area contributed by atoms with Gasteiger partial charge in [-0.3, -0.25) is 4.99 Å². The van der Waals surface area contributed by atoms with Crippen molar-refractivity contribution in [2.45, 2.75) is 12.7 Å². The molecule has 51 heavy (non-hydrogen) atoms. The van der Waals surface area contributed by atoms with Crippen molar-refractivity contribution in [3.8, 4) is 11.1 Å². The predicted molar refractivity (Wildman–Crippen MR) is 207 cm³/mol. The van der Waals surface area contributed by atoms with Crippen molar-refractivity contribution >= 4 is 71.7 Å². The average molecular weight is 662 g/mol. The highest BCUT2D eigenvalue weighted by Crippen LogP contribution is 2.38. The topological polar surface area (TPSA) is 89.8 Å². The lowest BCUT2D eigenvalue weighted by molar-refractivity contribution is 0.664. The van der Waals surface area contributed by atoms with Gasteiger partial charge in [0.1, 0.15) is 45.5 Å². The summed E-state index contributed by atoms with van der Waals surface area (Å²) in [5, 5.41) is 9.95. The van der Waals surface area contributed by atoms with Gasteiger partial charge in [-0.1, -0.05) is 109 Å². The fourth-order valence-electron chi connectivity index (χ4n) is 7.22. The summed E-state index contributed by atoms with van der Waals surface area (Å²) in [7, 11) is 0. The highest BCUT2D eigenvalue weighted by Gasteiger charge is 2.16. The van der Waals surface area contributed by atoms with Gasteiger partial charge in [-0.05, 0) is 59.2 Å². The van der Waals surface area contributed by atoms with Crippen molar-refractivity contribution in [3.05, 3.63) is 168 Å². The summed E-state index contributed by atoms with van der Waals surface area (Å²) in [5.41, 5.74) is 17.0. The Kier molecular flexibility index (Phi) is 6.76. The molecule has 10 aromatic rings. The molecule has 1 unspecified atom stereocenters. The van der Waals surface area contributed by atoms with Gasteiger partial charge in [-0.15, -0.1) is 0 Å². The molecule has 7 aromatic carbocycles. The molecule has 0 spiro atoms. The number of hydrogen-bond donors (Lipinski definition) is 2. The van der Waals surface area contributed by atoms with Gasteiger partial charge in [0.15, 0.2) is 0 Å². The van der Waals surface area contributed by atoms with Crippen LogP contribution in [0.25, 0.3) is 76.9 Å². The molecular weight excluding hydrogens is 631 g/mol. The van der Waals surface area contributed by atoms with Crippen LogP contribution in [0.2, 0.25) is 0 Å². The molecule has 0 fully saturated rings. The summed E-state index contributed by atoms with van der Waals surface area (Å²) in [6.07, 6.45) is -0.487. The number of fused-ring (bicyclic) bond motifs is 9. The SMILES string of the molecule is NC(NC(=NCc1ccc2c(c1)oc1ccc(-c3cccc4c3oc3ccccc34)cc12)c1ccccc1)c1ccc2oc3ccccc3c2c1. The third kappa shape index (κ3) is 5.04. The standard InChI is InChI=1S/C45H31N3O3/c46-44(30-19-22-40-37(25-30)33-12-5-6-15-38(33)49-40)48-45(28-9-2-1-3-10-28)47-26-27-17-20-34-36-24-29(18-21-41(36)50-42(34)23-27)31-13-8-14-35-32-11-4-7-16-39(32)51-43(31)35/h1-25,44H,26,46H2,(H,47,48). The number of nitrogens with two attached hydrogens (primary N) is 1. The molecule has 3 aromatic heterocycles. The zero-order valence-electron chi connectivity index (χ0n) is 27.5. The number of furan rings is 3. The molecule has 244 valence electrons. The van der Waals surface area contributed by atoms with E-state index in [0.717, 1.165) is 93.6 Å². The number of aliphatic imine (C=N–C) groups is 1. The van der Waals surface area contributed by atoms with Gasteiger partial charge in [0.05, 0.1) is 6.54 Å². The van der Waals surface area contributed by atoms with Crippen molar-refractivity contribution in [2.24, 2.45) is 10.7 Å². The molecule has 10 rings (SSSR count). The lowest BCUT2D eigenvalue weighted by Gasteiger charge is -2.18. The highest BCUT2D eigenvalue weighted by atomic mass is 16.3. The van der Waals surface area contributed by atoms with Gasteiger partial charge in [0.25, 0.3) is 0 Å². The molecule has 0 amide bonds. The second kappa shape index (κ2) is 11.8. The van der Waals surface area contributed by atoms with E-state index in [9.17, 15) is 0 Å². The van der Waals surface area contributed by atoms with E-state index in [1.54, 1.807) is 0 Å². The number of nitrogens with one attached hydrogen (secondary N) is 1. The lowest BCUT2D eigenvalue weighted by Crippen LogP contribution is -2.34. The predicted octanol–water partition coefficient (Wildman–Crippen LogP) is 11.2. The number of amidine groups is 1. The van der Waals surface area contributed by atoms with Gasteiger partial charge < -0.3 is 24.3 Å². The number of rotatable bonds is 6. The number of nitrogens with zero attached hydrogens (tertiary/aromatic N) is 1. The number of para-hydroxylation sites is 3. The largest absolute Gasteiger partial charge is 0.456 e. The first kappa shape index (κ1) is 29.3. The third-order valence-corrected chi connectivity index (χ3v) is 9.77. The van der Waals surface area contributed by atoms with E-state index in [0.29, 0.717) is 12.4 Å². The van der Waals surface area contributed by atoms with E-state index >= 15 is 0 Å². The zero-order valence-corrected chi connectivity index (χ0v) is 27.5. The average Bonchev–Trinajstić information content (AvgIpc) is 3.87. The van der Waals surface area contributed by atoms with E-state index in [-0.39, 0.29) is 0 Å². The van der Waals surface area contributed by atoms with Crippen LogP contribution in [0, 0.1) is 0 Å². The quantitative estimate of drug-likeness (QED) is 0.105. The maximum Gasteiger partial charge on any atom is 0.143 e. The number of benzene rings is 7. The summed E-state index contributed by atoms with van der Waals surface area (Å²) in [6.45, 7) is 0.446. The van der Waals surface area contributed by atoms with E-state index in [2.05, 4.69) is 72.0 Å². The molecule has 6 heteroatoms. The van der Waals surface area contributed by atoms with Crippen molar-refractivity contribution in [2.75, 3.05) is 0 Å². The molecule has 0 aliphatic heterocycles. The third-order valence-electron chi connectivity index (χ3n) is 9.77. The van der Waals surface area contributed by atoms with Crippen LogP contribution >= 0.6 is 0 Å². The molecule has 1 atom stereocenters.